The molecule has 0 spiro atoms. The molecule has 0 aliphatic carbocycles. The van der Waals surface area contributed by atoms with E-state index in [9.17, 15) is 4.79 Å². The highest BCUT2D eigenvalue weighted by Gasteiger charge is 2.22. The maximum Gasteiger partial charge on any atom is 0.265 e. The van der Waals surface area contributed by atoms with Gasteiger partial charge in [0.1, 0.15) is 16.9 Å². The highest BCUT2D eigenvalue weighted by atomic mass is 16.5. The lowest BCUT2D eigenvalue weighted by Crippen LogP contribution is -2.30. The van der Waals surface area contributed by atoms with Crippen LogP contribution >= 0.6 is 0 Å². The minimum Gasteiger partial charge on any atom is -0.495 e. The van der Waals surface area contributed by atoms with Gasteiger partial charge >= 0.3 is 0 Å². The lowest BCUT2D eigenvalue weighted by Gasteiger charge is -2.19. The van der Waals surface area contributed by atoms with E-state index in [1.807, 2.05) is 30.3 Å². The van der Waals surface area contributed by atoms with Crippen LogP contribution in [0.5, 0.6) is 23.0 Å². The first-order chi connectivity index (χ1) is 15.0. The first-order valence-corrected chi connectivity index (χ1v) is 9.73. The summed E-state index contributed by atoms with van der Waals surface area (Å²) in [6, 6.07) is 16.6. The van der Waals surface area contributed by atoms with E-state index in [1.54, 1.807) is 38.3 Å². The van der Waals surface area contributed by atoms with Crippen LogP contribution in [0.4, 0.5) is 5.69 Å². The van der Waals surface area contributed by atoms with Gasteiger partial charge in [-0.25, -0.2) is 0 Å². The number of benzene rings is 3. The summed E-state index contributed by atoms with van der Waals surface area (Å²) in [4.78, 5) is 12.9. The second-order valence-corrected chi connectivity index (χ2v) is 6.89. The molecule has 0 radical (unpaired) electrons. The Morgan fingerprint density at radius 2 is 1.52 bits per heavy atom. The summed E-state index contributed by atoms with van der Waals surface area (Å²) in [7, 11) is 4.61. The lowest BCUT2D eigenvalue weighted by atomic mass is 10.1. The second kappa shape index (κ2) is 8.47. The Labute approximate surface area is 179 Å². The molecule has 160 valence electrons. The van der Waals surface area contributed by atoms with E-state index in [2.05, 4.69) is 5.32 Å². The minimum absolute atomic E-state index is 0.356. The molecule has 1 aromatic heterocycles. The topological polar surface area (TPSA) is 79.2 Å². The number of furan rings is 1. The molecule has 1 atom stereocenters. The molecule has 1 amide bonds. The van der Waals surface area contributed by atoms with Crippen LogP contribution in [0.3, 0.4) is 0 Å². The van der Waals surface area contributed by atoms with Crippen molar-refractivity contribution in [1.82, 2.24) is 0 Å². The van der Waals surface area contributed by atoms with Crippen LogP contribution < -0.4 is 24.3 Å². The van der Waals surface area contributed by atoms with Gasteiger partial charge in [-0.3, -0.25) is 4.79 Å². The van der Waals surface area contributed by atoms with Crippen LogP contribution in [-0.4, -0.2) is 33.3 Å². The van der Waals surface area contributed by atoms with Gasteiger partial charge in [0, 0.05) is 16.8 Å². The van der Waals surface area contributed by atoms with Gasteiger partial charge in [-0.15, -0.1) is 0 Å². The van der Waals surface area contributed by atoms with Gasteiger partial charge in [-0.1, -0.05) is 24.3 Å². The Morgan fingerprint density at radius 3 is 2.19 bits per heavy atom. The number of nitrogens with one attached hydrogen (secondary N) is 1. The smallest absolute Gasteiger partial charge is 0.265 e. The summed E-state index contributed by atoms with van der Waals surface area (Å²) in [5.74, 6) is 1.46. The van der Waals surface area contributed by atoms with E-state index in [0.717, 1.165) is 16.4 Å². The monoisotopic (exact) mass is 421 g/mol. The molecule has 1 N–H and O–H groups in total. The maximum atomic E-state index is 12.9. The van der Waals surface area contributed by atoms with E-state index in [4.69, 9.17) is 23.4 Å². The fourth-order valence-electron chi connectivity index (χ4n) is 3.42. The summed E-state index contributed by atoms with van der Waals surface area (Å²) < 4.78 is 28.0. The number of anilines is 1. The predicted molar refractivity (Wildman–Crippen MR) is 119 cm³/mol. The van der Waals surface area contributed by atoms with Crippen molar-refractivity contribution in [2.24, 2.45) is 0 Å². The number of para-hydroxylation sites is 2. The quantitative estimate of drug-likeness (QED) is 0.452. The summed E-state index contributed by atoms with van der Waals surface area (Å²) >= 11 is 0. The number of amides is 1. The van der Waals surface area contributed by atoms with E-state index in [1.165, 1.54) is 14.2 Å². The van der Waals surface area contributed by atoms with E-state index in [0.29, 0.717) is 34.3 Å². The van der Waals surface area contributed by atoms with Crippen molar-refractivity contribution in [2.45, 2.75) is 13.0 Å². The number of fused-ring (bicyclic) bond motifs is 3. The first kappa shape index (κ1) is 20.4. The molecular weight excluding hydrogens is 398 g/mol. The normalized spacial score (nSPS) is 11.9. The zero-order valence-corrected chi connectivity index (χ0v) is 17.7. The summed E-state index contributed by atoms with van der Waals surface area (Å²) in [5, 5.41) is 4.75. The molecule has 31 heavy (non-hydrogen) atoms. The molecule has 7 nitrogen and oxygen atoms in total. The average Bonchev–Trinajstić information content (AvgIpc) is 3.15. The molecule has 0 saturated carbocycles. The number of hydrogen-bond donors (Lipinski definition) is 1. The standard InChI is InChI=1S/C24H23NO6/c1-14(30-23-19(27-2)10-7-11-20(23)28-3)24(26)25-17-13-21-16(12-22(17)29-4)15-8-5-6-9-18(15)31-21/h5-14H,1-4H3,(H,25,26)/t14-/m0/s1. The molecule has 0 bridgehead atoms. The molecular formula is C24H23NO6. The van der Waals surface area contributed by atoms with E-state index in [-0.39, 0.29) is 5.91 Å². The summed E-state index contributed by atoms with van der Waals surface area (Å²) in [6.07, 6.45) is -0.832. The van der Waals surface area contributed by atoms with Crippen molar-refractivity contribution in [3.63, 3.8) is 0 Å². The minimum atomic E-state index is -0.832. The van der Waals surface area contributed by atoms with E-state index < -0.39 is 6.10 Å². The Morgan fingerprint density at radius 1 is 0.839 bits per heavy atom. The lowest BCUT2D eigenvalue weighted by molar-refractivity contribution is -0.122. The molecule has 0 unspecified atom stereocenters. The number of carbonyl (C=O) groups is 1. The van der Waals surface area contributed by atoms with Crippen LogP contribution in [0, 0.1) is 0 Å². The second-order valence-electron chi connectivity index (χ2n) is 6.89. The Kier molecular flexibility index (Phi) is 5.58. The van der Waals surface area contributed by atoms with Crippen molar-refractivity contribution in [2.75, 3.05) is 26.6 Å². The first-order valence-electron chi connectivity index (χ1n) is 9.73. The highest BCUT2D eigenvalue weighted by Crippen LogP contribution is 2.38. The fraction of sp³-hybridized carbons (Fsp3) is 0.208. The van der Waals surface area contributed by atoms with Crippen LogP contribution in [0.15, 0.2) is 59.0 Å². The summed E-state index contributed by atoms with van der Waals surface area (Å²) in [5.41, 5.74) is 1.90. The fourth-order valence-corrected chi connectivity index (χ4v) is 3.42. The van der Waals surface area contributed by atoms with Crippen LogP contribution in [0.25, 0.3) is 21.9 Å². The van der Waals surface area contributed by atoms with Crippen LogP contribution in [-0.2, 0) is 4.79 Å². The SMILES string of the molecule is COc1cc2c(cc1NC(=O)[C@H](C)Oc1c(OC)cccc1OC)oc1ccccc12. The molecule has 7 heteroatoms. The molecule has 0 aliphatic rings. The largest absolute Gasteiger partial charge is 0.495 e. The van der Waals surface area contributed by atoms with Gasteiger partial charge < -0.3 is 28.7 Å². The number of ether oxygens (including phenoxy) is 4. The zero-order valence-electron chi connectivity index (χ0n) is 17.7. The third-order valence-corrected chi connectivity index (χ3v) is 5.00. The van der Waals surface area contributed by atoms with Gasteiger partial charge in [0.05, 0.1) is 27.0 Å². The third kappa shape index (κ3) is 3.82. The number of rotatable bonds is 7. The maximum absolute atomic E-state index is 12.9. The Hall–Kier alpha value is -3.87. The van der Waals surface area contributed by atoms with Crippen LogP contribution in [0.1, 0.15) is 6.92 Å². The molecule has 4 aromatic rings. The van der Waals surface area contributed by atoms with Crippen molar-refractivity contribution in [3.8, 4) is 23.0 Å². The molecule has 0 saturated heterocycles. The highest BCUT2D eigenvalue weighted by molar-refractivity contribution is 6.08. The molecule has 3 aromatic carbocycles. The molecule has 0 aliphatic heterocycles. The van der Waals surface area contributed by atoms with E-state index >= 15 is 0 Å². The average molecular weight is 421 g/mol. The van der Waals surface area contributed by atoms with Crippen molar-refractivity contribution >= 4 is 33.5 Å². The van der Waals surface area contributed by atoms with Gasteiger partial charge in [0.2, 0.25) is 5.75 Å². The molecule has 1 heterocycles. The van der Waals surface area contributed by atoms with Crippen molar-refractivity contribution < 1.29 is 28.2 Å². The Balaban J connectivity index is 1.61. The van der Waals surface area contributed by atoms with Gasteiger partial charge in [0.25, 0.3) is 5.91 Å². The zero-order chi connectivity index (χ0) is 22.0. The van der Waals surface area contributed by atoms with Crippen LogP contribution in [0.2, 0.25) is 0 Å². The predicted octanol–water partition coefficient (Wildman–Crippen LogP) is 5.02. The third-order valence-electron chi connectivity index (χ3n) is 5.00. The number of hydrogen-bond acceptors (Lipinski definition) is 6. The van der Waals surface area contributed by atoms with Crippen molar-refractivity contribution in [1.29, 1.82) is 0 Å². The van der Waals surface area contributed by atoms with Crippen molar-refractivity contribution in [3.05, 3.63) is 54.6 Å². The summed E-state index contributed by atoms with van der Waals surface area (Å²) in [6.45, 7) is 1.65. The number of carbonyl (C=O) groups excluding carboxylic acids is 1. The number of methoxy groups -OCH3 is 3. The molecule has 0 fully saturated rings. The van der Waals surface area contributed by atoms with Gasteiger partial charge in [-0.2, -0.15) is 0 Å². The van der Waals surface area contributed by atoms with Gasteiger partial charge in [-0.05, 0) is 31.2 Å². The Bertz CT molecular complexity index is 1220. The van der Waals surface area contributed by atoms with Gasteiger partial charge in [0.15, 0.2) is 17.6 Å². The molecule has 4 rings (SSSR count).